The molecular formula is C27H28ClN3O3. The molecule has 2 aliphatic heterocycles. The minimum atomic E-state index is -0.00372. The van der Waals surface area contributed by atoms with Crippen molar-refractivity contribution in [2.45, 2.75) is 12.5 Å². The van der Waals surface area contributed by atoms with E-state index in [4.69, 9.17) is 21.1 Å². The molecule has 0 aliphatic carbocycles. The molecule has 3 aromatic rings. The summed E-state index contributed by atoms with van der Waals surface area (Å²) < 4.78 is 11.1. The van der Waals surface area contributed by atoms with Crippen LogP contribution >= 0.6 is 11.6 Å². The number of ether oxygens (including phenoxy) is 2. The maximum absolute atomic E-state index is 12.7. The minimum absolute atomic E-state index is 0.00372. The highest BCUT2D eigenvalue weighted by atomic mass is 35.5. The number of rotatable bonds is 7. The number of para-hydroxylation sites is 1. The van der Waals surface area contributed by atoms with E-state index in [1.807, 2.05) is 42.5 Å². The first-order chi connectivity index (χ1) is 16.7. The Balaban J connectivity index is 1.28. The Hall–Kier alpha value is -3.22. The highest BCUT2D eigenvalue weighted by Crippen LogP contribution is 2.35. The molecule has 2 aliphatic rings. The summed E-state index contributed by atoms with van der Waals surface area (Å²) >= 11 is 5.97. The van der Waals surface area contributed by atoms with Gasteiger partial charge in [-0.25, -0.2) is 0 Å². The second kappa shape index (κ2) is 10.4. The van der Waals surface area contributed by atoms with Crippen LogP contribution in [0.3, 0.4) is 0 Å². The molecule has 1 fully saturated rings. The zero-order valence-electron chi connectivity index (χ0n) is 19.0. The predicted molar refractivity (Wildman–Crippen MR) is 134 cm³/mol. The smallest absolute Gasteiger partial charge is 0.231 e. The largest absolute Gasteiger partial charge is 0.454 e. The minimum Gasteiger partial charge on any atom is -0.454 e. The van der Waals surface area contributed by atoms with Crippen molar-refractivity contribution in [3.63, 3.8) is 0 Å². The number of carbonyl (C=O) groups is 1. The Morgan fingerprint density at radius 1 is 0.912 bits per heavy atom. The molecule has 2 heterocycles. The zero-order valence-corrected chi connectivity index (χ0v) is 19.7. The van der Waals surface area contributed by atoms with E-state index in [1.165, 1.54) is 5.69 Å². The van der Waals surface area contributed by atoms with Crippen molar-refractivity contribution in [2.75, 3.05) is 44.4 Å². The fourth-order valence-electron chi connectivity index (χ4n) is 4.57. The monoisotopic (exact) mass is 477 g/mol. The van der Waals surface area contributed by atoms with Gasteiger partial charge in [0, 0.05) is 43.4 Å². The fraction of sp³-hybridized carbons (Fsp3) is 0.296. The summed E-state index contributed by atoms with van der Waals surface area (Å²) in [4.78, 5) is 17.6. The number of hydrogen-bond donors (Lipinski definition) is 1. The third-order valence-corrected chi connectivity index (χ3v) is 6.68. The molecule has 6 nitrogen and oxygen atoms in total. The van der Waals surface area contributed by atoms with Gasteiger partial charge in [0.2, 0.25) is 12.7 Å². The van der Waals surface area contributed by atoms with Crippen molar-refractivity contribution in [1.29, 1.82) is 0 Å². The molecule has 1 saturated heterocycles. The molecule has 5 rings (SSSR count). The van der Waals surface area contributed by atoms with Crippen LogP contribution in [0.1, 0.15) is 17.2 Å². The highest BCUT2D eigenvalue weighted by molar-refractivity contribution is 6.30. The zero-order chi connectivity index (χ0) is 23.3. The Morgan fingerprint density at radius 2 is 1.65 bits per heavy atom. The summed E-state index contributed by atoms with van der Waals surface area (Å²) in [7, 11) is 0. The van der Waals surface area contributed by atoms with Crippen molar-refractivity contribution < 1.29 is 14.3 Å². The van der Waals surface area contributed by atoms with Crippen molar-refractivity contribution in [3.8, 4) is 11.5 Å². The van der Waals surface area contributed by atoms with E-state index in [0.717, 1.165) is 48.8 Å². The third kappa shape index (κ3) is 5.29. The topological polar surface area (TPSA) is 54.0 Å². The first kappa shape index (κ1) is 22.6. The van der Waals surface area contributed by atoms with Crippen LogP contribution in [0.2, 0.25) is 5.02 Å². The second-order valence-electron chi connectivity index (χ2n) is 8.59. The van der Waals surface area contributed by atoms with Gasteiger partial charge in [0.1, 0.15) is 0 Å². The van der Waals surface area contributed by atoms with E-state index in [2.05, 4.69) is 45.4 Å². The van der Waals surface area contributed by atoms with E-state index in [1.54, 1.807) is 0 Å². The molecule has 0 saturated carbocycles. The first-order valence-electron chi connectivity index (χ1n) is 11.6. The normalized spacial score (nSPS) is 16.3. The lowest BCUT2D eigenvalue weighted by atomic mass is 10.0. The number of amides is 1. The summed E-state index contributed by atoms with van der Waals surface area (Å²) in [6.07, 6.45) is 0.326. The Labute approximate surface area is 205 Å². The predicted octanol–water partition coefficient (Wildman–Crippen LogP) is 4.29. The van der Waals surface area contributed by atoms with Crippen LogP contribution in [0, 0.1) is 0 Å². The lowest BCUT2D eigenvalue weighted by Gasteiger charge is -2.40. The van der Waals surface area contributed by atoms with Gasteiger partial charge in [-0.2, -0.15) is 0 Å². The molecule has 0 spiro atoms. The Bertz CT molecular complexity index is 1120. The SMILES string of the molecule is O=C(Cc1ccc(Cl)cc1)NC[C@@H](c1ccc2c(c1)OCO2)N1CCN(c2ccccc2)CC1. The van der Waals surface area contributed by atoms with Crippen molar-refractivity contribution >= 4 is 23.2 Å². The van der Waals surface area contributed by atoms with Crippen molar-refractivity contribution in [3.05, 3.63) is 88.9 Å². The van der Waals surface area contributed by atoms with Gasteiger partial charge in [-0.1, -0.05) is 48.0 Å². The second-order valence-corrected chi connectivity index (χ2v) is 9.03. The molecule has 1 amide bonds. The van der Waals surface area contributed by atoms with Gasteiger partial charge in [-0.05, 0) is 47.5 Å². The summed E-state index contributed by atoms with van der Waals surface area (Å²) in [5, 5.41) is 3.82. The average molecular weight is 478 g/mol. The van der Waals surface area contributed by atoms with Crippen LogP contribution < -0.4 is 19.7 Å². The first-order valence-corrected chi connectivity index (χ1v) is 12.0. The molecule has 0 aromatic heterocycles. The number of benzene rings is 3. The van der Waals surface area contributed by atoms with E-state index >= 15 is 0 Å². The van der Waals surface area contributed by atoms with Crippen molar-refractivity contribution in [1.82, 2.24) is 10.2 Å². The molecule has 176 valence electrons. The maximum Gasteiger partial charge on any atom is 0.231 e. The van der Waals surface area contributed by atoms with Crippen LogP contribution in [0.4, 0.5) is 5.69 Å². The lowest BCUT2D eigenvalue weighted by molar-refractivity contribution is -0.120. The molecule has 1 atom stereocenters. The quantitative estimate of drug-likeness (QED) is 0.550. The number of nitrogens with one attached hydrogen (secondary N) is 1. The molecule has 3 aromatic carbocycles. The summed E-state index contributed by atoms with van der Waals surface area (Å²) in [6, 6.07) is 24.0. The fourth-order valence-corrected chi connectivity index (χ4v) is 4.70. The molecule has 0 unspecified atom stereocenters. The summed E-state index contributed by atoms with van der Waals surface area (Å²) in [5.41, 5.74) is 3.31. The summed E-state index contributed by atoms with van der Waals surface area (Å²) in [6.45, 7) is 4.45. The van der Waals surface area contributed by atoms with Crippen LogP contribution in [0.15, 0.2) is 72.8 Å². The van der Waals surface area contributed by atoms with Crippen LogP contribution in [-0.2, 0) is 11.2 Å². The van der Waals surface area contributed by atoms with Gasteiger partial charge >= 0.3 is 0 Å². The van der Waals surface area contributed by atoms with E-state index in [9.17, 15) is 4.79 Å². The number of fused-ring (bicyclic) bond motifs is 1. The molecule has 1 N–H and O–H groups in total. The average Bonchev–Trinajstić information content (AvgIpc) is 3.35. The van der Waals surface area contributed by atoms with Crippen molar-refractivity contribution in [2.24, 2.45) is 0 Å². The maximum atomic E-state index is 12.7. The number of anilines is 1. The number of nitrogens with zero attached hydrogens (tertiary/aromatic N) is 2. The molecule has 34 heavy (non-hydrogen) atoms. The molecule has 0 radical (unpaired) electrons. The standard InChI is InChI=1S/C27H28ClN3O3/c28-22-9-6-20(7-10-22)16-27(32)29-18-24(21-8-11-25-26(17-21)34-19-33-25)31-14-12-30(13-15-31)23-4-2-1-3-5-23/h1-11,17,24H,12-16,18-19H2,(H,29,32)/t24-/m0/s1. The number of halogens is 1. The summed E-state index contributed by atoms with van der Waals surface area (Å²) in [5.74, 6) is 1.53. The van der Waals surface area contributed by atoms with Gasteiger partial charge < -0.3 is 19.7 Å². The van der Waals surface area contributed by atoms with E-state index < -0.39 is 0 Å². The molecular weight excluding hydrogens is 450 g/mol. The lowest BCUT2D eigenvalue weighted by Crippen LogP contribution is -2.50. The number of hydrogen-bond acceptors (Lipinski definition) is 5. The number of carbonyl (C=O) groups excluding carboxylic acids is 1. The highest BCUT2D eigenvalue weighted by Gasteiger charge is 2.27. The van der Waals surface area contributed by atoms with E-state index in [0.29, 0.717) is 18.0 Å². The van der Waals surface area contributed by atoms with Crippen LogP contribution in [-0.4, -0.2) is 50.3 Å². The van der Waals surface area contributed by atoms with E-state index in [-0.39, 0.29) is 18.7 Å². The Kier molecular flexibility index (Phi) is 6.88. The van der Waals surface area contributed by atoms with Crippen LogP contribution in [0.5, 0.6) is 11.5 Å². The molecule has 0 bridgehead atoms. The van der Waals surface area contributed by atoms with Gasteiger partial charge in [-0.3, -0.25) is 9.69 Å². The van der Waals surface area contributed by atoms with Gasteiger partial charge in [0.25, 0.3) is 0 Å². The van der Waals surface area contributed by atoms with Gasteiger partial charge in [-0.15, -0.1) is 0 Å². The third-order valence-electron chi connectivity index (χ3n) is 6.43. The van der Waals surface area contributed by atoms with Gasteiger partial charge in [0.05, 0.1) is 12.5 Å². The van der Waals surface area contributed by atoms with Gasteiger partial charge in [0.15, 0.2) is 11.5 Å². The van der Waals surface area contributed by atoms with Crippen LogP contribution in [0.25, 0.3) is 0 Å². The molecule has 7 heteroatoms. The number of piperazine rings is 1. The Morgan fingerprint density at radius 3 is 2.41 bits per heavy atom.